The van der Waals surface area contributed by atoms with Gasteiger partial charge in [-0.15, -0.1) is 0 Å². The van der Waals surface area contributed by atoms with Gasteiger partial charge in [0.15, 0.2) is 0 Å². The minimum Gasteiger partial charge on any atom is -0.431 e. The molecule has 1 rings (SSSR count). The van der Waals surface area contributed by atoms with Crippen LogP contribution in [0.4, 0.5) is 6.01 Å². The van der Waals surface area contributed by atoms with Gasteiger partial charge in [0.1, 0.15) is 6.26 Å². The van der Waals surface area contributed by atoms with Gasteiger partial charge in [-0.25, -0.2) is 0 Å². The van der Waals surface area contributed by atoms with Crippen molar-refractivity contribution in [3.05, 3.63) is 12.0 Å². The third-order valence-electron chi connectivity index (χ3n) is 2.12. The molecule has 0 N–H and O–H groups in total. The van der Waals surface area contributed by atoms with Crippen LogP contribution in [-0.4, -0.2) is 31.2 Å². The molecule has 0 spiro atoms. The number of rotatable bonds is 5. The summed E-state index contributed by atoms with van der Waals surface area (Å²) in [6, 6.07) is 0.341. The summed E-state index contributed by atoms with van der Waals surface area (Å²) in [5, 5.41) is 0. The van der Waals surface area contributed by atoms with Crippen LogP contribution in [0.2, 0.25) is 0 Å². The number of carbonyl (C=O) groups is 1. The third-order valence-corrected chi connectivity index (χ3v) is 2.12. The summed E-state index contributed by atoms with van der Waals surface area (Å²) in [5.74, 6) is -0.108. The monoisotopic (exact) mass is 226 g/mol. The quantitative estimate of drug-likeness (QED) is 0.765. The van der Waals surface area contributed by atoms with Gasteiger partial charge in [0.05, 0.1) is 18.8 Å². The van der Waals surface area contributed by atoms with Gasteiger partial charge in [-0.1, -0.05) is 13.8 Å². The summed E-state index contributed by atoms with van der Waals surface area (Å²) >= 11 is 0. The molecule has 5 nitrogen and oxygen atoms in total. The van der Waals surface area contributed by atoms with Gasteiger partial charge >= 0.3 is 6.01 Å². The van der Waals surface area contributed by atoms with E-state index < -0.39 is 0 Å². The predicted molar refractivity (Wildman–Crippen MR) is 60.3 cm³/mol. The highest BCUT2D eigenvalue weighted by Gasteiger charge is 2.22. The van der Waals surface area contributed by atoms with Crippen LogP contribution in [0.3, 0.4) is 0 Å². The normalized spacial score (nSPS) is 10.8. The lowest BCUT2D eigenvalue weighted by Gasteiger charge is -2.20. The maximum absolute atomic E-state index is 11.9. The summed E-state index contributed by atoms with van der Waals surface area (Å²) in [6.07, 6.45) is 1.53. The van der Waals surface area contributed by atoms with Crippen LogP contribution >= 0.6 is 0 Å². The van der Waals surface area contributed by atoms with Crippen molar-refractivity contribution in [2.45, 2.75) is 20.8 Å². The Kier molecular flexibility index (Phi) is 4.49. The molecule has 5 heteroatoms. The number of methoxy groups -OCH3 is 1. The molecule has 0 aliphatic rings. The Morgan fingerprint density at radius 2 is 2.31 bits per heavy atom. The van der Waals surface area contributed by atoms with Crippen molar-refractivity contribution in [3.63, 3.8) is 0 Å². The summed E-state index contributed by atoms with van der Waals surface area (Å²) in [6.45, 7) is 6.42. The van der Waals surface area contributed by atoms with E-state index in [-0.39, 0.29) is 11.8 Å². The number of carbonyl (C=O) groups excluding carboxylic acids is 1. The van der Waals surface area contributed by atoms with Gasteiger partial charge in [0, 0.05) is 13.0 Å². The number of hydrogen-bond acceptors (Lipinski definition) is 4. The zero-order chi connectivity index (χ0) is 12.1. The maximum Gasteiger partial charge on any atom is 0.304 e. The van der Waals surface area contributed by atoms with Gasteiger partial charge in [-0.2, -0.15) is 4.98 Å². The molecule has 0 fully saturated rings. The molecule has 0 aromatic carbocycles. The van der Waals surface area contributed by atoms with Crippen molar-refractivity contribution in [1.82, 2.24) is 4.98 Å². The molecular weight excluding hydrogens is 208 g/mol. The summed E-state index contributed by atoms with van der Waals surface area (Å²) < 4.78 is 10.2. The fourth-order valence-corrected chi connectivity index (χ4v) is 1.26. The van der Waals surface area contributed by atoms with Crippen molar-refractivity contribution in [3.8, 4) is 0 Å². The Balaban J connectivity index is 2.82. The fourth-order valence-electron chi connectivity index (χ4n) is 1.26. The number of aromatic nitrogens is 1. The second-order valence-corrected chi connectivity index (χ2v) is 3.91. The van der Waals surface area contributed by atoms with Crippen LogP contribution in [-0.2, 0) is 9.53 Å². The van der Waals surface area contributed by atoms with E-state index >= 15 is 0 Å². The molecule has 0 saturated heterocycles. The number of anilines is 1. The summed E-state index contributed by atoms with van der Waals surface area (Å²) in [7, 11) is 1.60. The fraction of sp³-hybridized carbons (Fsp3) is 0.636. The van der Waals surface area contributed by atoms with E-state index in [0.29, 0.717) is 19.2 Å². The molecule has 1 heterocycles. The van der Waals surface area contributed by atoms with Crippen LogP contribution in [0, 0.1) is 12.8 Å². The number of oxazole rings is 1. The molecule has 0 saturated carbocycles. The second-order valence-electron chi connectivity index (χ2n) is 3.91. The van der Waals surface area contributed by atoms with E-state index in [2.05, 4.69) is 4.98 Å². The molecule has 0 aliphatic heterocycles. The Labute approximate surface area is 95.4 Å². The number of nitrogens with zero attached hydrogens (tertiary/aromatic N) is 2. The molecule has 1 aromatic rings. The zero-order valence-corrected chi connectivity index (χ0v) is 10.2. The number of amides is 1. The highest BCUT2D eigenvalue weighted by molar-refractivity contribution is 5.92. The highest BCUT2D eigenvalue weighted by Crippen LogP contribution is 2.15. The molecule has 0 unspecified atom stereocenters. The van der Waals surface area contributed by atoms with Gasteiger partial charge < -0.3 is 9.15 Å². The first-order valence-electron chi connectivity index (χ1n) is 5.28. The third kappa shape index (κ3) is 3.06. The average molecular weight is 226 g/mol. The van der Waals surface area contributed by atoms with Crippen LogP contribution < -0.4 is 4.90 Å². The van der Waals surface area contributed by atoms with Crippen LogP contribution in [0.25, 0.3) is 0 Å². The van der Waals surface area contributed by atoms with E-state index in [0.717, 1.165) is 5.69 Å². The lowest BCUT2D eigenvalue weighted by molar-refractivity contribution is -0.121. The Hall–Kier alpha value is -1.36. The molecule has 1 amide bonds. The number of aryl methyl sites for hydroxylation is 1. The first kappa shape index (κ1) is 12.7. The molecule has 0 bridgehead atoms. The minimum atomic E-state index is -0.0935. The standard InChI is InChI=1S/C11H18N2O3/c1-8(2)10(14)13(5-6-15-4)11-12-9(3)7-16-11/h7-8H,5-6H2,1-4H3. The zero-order valence-electron chi connectivity index (χ0n) is 10.2. The Bertz CT molecular complexity index is 347. The lowest BCUT2D eigenvalue weighted by Crippen LogP contribution is -2.37. The molecule has 0 aliphatic carbocycles. The van der Waals surface area contributed by atoms with E-state index in [9.17, 15) is 4.79 Å². The van der Waals surface area contributed by atoms with Gasteiger partial charge in [0.2, 0.25) is 5.91 Å². The Morgan fingerprint density at radius 1 is 1.62 bits per heavy atom. The van der Waals surface area contributed by atoms with Crippen molar-refractivity contribution < 1.29 is 13.9 Å². The van der Waals surface area contributed by atoms with E-state index in [4.69, 9.17) is 9.15 Å². The second kappa shape index (κ2) is 5.65. The lowest BCUT2D eigenvalue weighted by atomic mass is 10.2. The Morgan fingerprint density at radius 3 is 2.75 bits per heavy atom. The van der Waals surface area contributed by atoms with Crippen molar-refractivity contribution in [2.75, 3.05) is 25.2 Å². The number of hydrogen-bond donors (Lipinski definition) is 0. The van der Waals surface area contributed by atoms with Crippen molar-refractivity contribution >= 4 is 11.9 Å². The van der Waals surface area contributed by atoms with Crippen LogP contribution in [0.15, 0.2) is 10.7 Å². The first-order valence-corrected chi connectivity index (χ1v) is 5.28. The molecule has 90 valence electrons. The summed E-state index contributed by atoms with van der Waals surface area (Å²) in [5.41, 5.74) is 0.758. The largest absolute Gasteiger partial charge is 0.431 e. The molecule has 0 radical (unpaired) electrons. The van der Waals surface area contributed by atoms with Crippen LogP contribution in [0.5, 0.6) is 0 Å². The van der Waals surface area contributed by atoms with Crippen LogP contribution in [0.1, 0.15) is 19.5 Å². The minimum absolute atomic E-state index is 0.0149. The number of ether oxygens (including phenoxy) is 1. The SMILES string of the molecule is COCCN(C(=O)C(C)C)c1nc(C)co1. The highest BCUT2D eigenvalue weighted by atomic mass is 16.5. The van der Waals surface area contributed by atoms with Crippen molar-refractivity contribution in [1.29, 1.82) is 0 Å². The van der Waals surface area contributed by atoms with E-state index in [1.807, 2.05) is 20.8 Å². The van der Waals surface area contributed by atoms with Crippen molar-refractivity contribution in [2.24, 2.45) is 5.92 Å². The topological polar surface area (TPSA) is 55.6 Å². The van der Waals surface area contributed by atoms with Gasteiger partial charge in [0.25, 0.3) is 0 Å². The molecule has 0 atom stereocenters. The smallest absolute Gasteiger partial charge is 0.304 e. The molecular formula is C11H18N2O3. The van der Waals surface area contributed by atoms with E-state index in [1.54, 1.807) is 7.11 Å². The van der Waals surface area contributed by atoms with Gasteiger partial charge in [-0.05, 0) is 6.92 Å². The van der Waals surface area contributed by atoms with E-state index in [1.165, 1.54) is 11.2 Å². The molecule has 1 aromatic heterocycles. The maximum atomic E-state index is 11.9. The molecule has 16 heavy (non-hydrogen) atoms. The predicted octanol–water partition coefficient (Wildman–Crippen LogP) is 1.62. The first-order chi connectivity index (χ1) is 7.56. The average Bonchev–Trinajstić information content (AvgIpc) is 2.65. The van der Waals surface area contributed by atoms with Gasteiger partial charge in [-0.3, -0.25) is 9.69 Å². The summed E-state index contributed by atoms with van der Waals surface area (Å²) in [4.78, 5) is 17.6.